The van der Waals surface area contributed by atoms with Gasteiger partial charge in [0.25, 0.3) is 0 Å². The number of hydrogen-bond acceptors (Lipinski definition) is 4. The van der Waals surface area contributed by atoms with Gasteiger partial charge in [0.05, 0.1) is 24.0 Å². The molecule has 0 bridgehead atoms. The van der Waals surface area contributed by atoms with Crippen LogP contribution < -0.4 is 15.5 Å². The molecular formula is C20H28N4O. The van der Waals surface area contributed by atoms with Gasteiger partial charge in [-0.2, -0.15) is 5.26 Å². The van der Waals surface area contributed by atoms with Crippen molar-refractivity contribution in [3.63, 3.8) is 0 Å². The third kappa shape index (κ3) is 4.45. The van der Waals surface area contributed by atoms with Gasteiger partial charge in [-0.05, 0) is 50.7 Å². The molecule has 1 saturated carbocycles. The molecule has 1 aromatic carbocycles. The summed E-state index contributed by atoms with van der Waals surface area (Å²) in [6.45, 7) is 2.35. The molecule has 2 N–H and O–H groups in total. The van der Waals surface area contributed by atoms with Crippen molar-refractivity contribution in [1.29, 1.82) is 5.26 Å². The smallest absolute Gasteiger partial charge is 0.240 e. The normalized spacial score (nSPS) is 19.7. The van der Waals surface area contributed by atoms with Gasteiger partial charge in [-0.25, -0.2) is 0 Å². The maximum atomic E-state index is 12.3. The number of benzene rings is 1. The van der Waals surface area contributed by atoms with E-state index in [0.717, 1.165) is 44.5 Å². The predicted molar refractivity (Wildman–Crippen MR) is 101 cm³/mol. The van der Waals surface area contributed by atoms with Crippen LogP contribution in [0.25, 0.3) is 0 Å². The van der Waals surface area contributed by atoms with Gasteiger partial charge in [0.15, 0.2) is 0 Å². The third-order valence-corrected chi connectivity index (χ3v) is 5.34. The van der Waals surface area contributed by atoms with Crippen LogP contribution in [0.15, 0.2) is 24.3 Å². The molecule has 0 radical (unpaired) electrons. The Hall–Kier alpha value is -2.22. The molecule has 1 aliphatic heterocycles. The molecule has 1 aliphatic carbocycles. The highest BCUT2D eigenvalue weighted by Crippen LogP contribution is 2.29. The minimum atomic E-state index is -0.650. The first-order valence-electron chi connectivity index (χ1n) is 9.53. The lowest BCUT2D eigenvalue weighted by atomic mass is 10.00. The Bertz CT molecular complexity index is 623. The SMILES string of the molecule is N#CC1(NC(=O)CNc2ccccc2N2CCCCCC2)CCCC1. The molecule has 5 nitrogen and oxygen atoms in total. The van der Waals surface area contributed by atoms with Crippen LogP contribution in [-0.2, 0) is 4.79 Å². The Morgan fingerprint density at radius 2 is 1.76 bits per heavy atom. The Morgan fingerprint density at radius 1 is 1.08 bits per heavy atom. The zero-order valence-electron chi connectivity index (χ0n) is 14.9. The van der Waals surface area contributed by atoms with E-state index in [1.807, 2.05) is 12.1 Å². The number of carbonyl (C=O) groups excluding carboxylic acids is 1. The van der Waals surface area contributed by atoms with Crippen LogP contribution in [0.5, 0.6) is 0 Å². The topological polar surface area (TPSA) is 68.2 Å². The Labute approximate surface area is 150 Å². The monoisotopic (exact) mass is 340 g/mol. The first kappa shape index (κ1) is 17.6. The number of amides is 1. The number of nitriles is 1. The van der Waals surface area contributed by atoms with Crippen molar-refractivity contribution in [3.8, 4) is 6.07 Å². The number of rotatable bonds is 5. The van der Waals surface area contributed by atoms with E-state index in [1.165, 1.54) is 31.4 Å². The van der Waals surface area contributed by atoms with E-state index in [9.17, 15) is 10.1 Å². The highest BCUT2D eigenvalue weighted by atomic mass is 16.2. The molecule has 1 amide bonds. The van der Waals surface area contributed by atoms with E-state index in [2.05, 4.69) is 33.7 Å². The van der Waals surface area contributed by atoms with Crippen LogP contribution in [0.1, 0.15) is 51.4 Å². The predicted octanol–water partition coefficient (Wildman–Crippen LogP) is 3.43. The minimum absolute atomic E-state index is 0.103. The van der Waals surface area contributed by atoms with Gasteiger partial charge in [0.2, 0.25) is 5.91 Å². The van der Waals surface area contributed by atoms with Gasteiger partial charge < -0.3 is 15.5 Å². The summed E-state index contributed by atoms with van der Waals surface area (Å²) in [5.74, 6) is -0.103. The van der Waals surface area contributed by atoms with Crippen molar-refractivity contribution in [1.82, 2.24) is 5.32 Å². The van der Waals surface area contributed by atoms with E-state index < -0.39 is 5.54 Å². The van der Waals surface area contributed by atoms with Crippen molar-refractivity contribution >= 4 is 17.3 Å². The molecule has 0 atom stereocenters. The van der Waals surface area contributed by atoms with Gasteiger partial charge in [-0.1, -0.05) is 25.0 Å². The molecule has 1 aromatic rings. The minimum Gasteiger partial charge on any atom is -0.374 e. The summed E-state index contributed by atoms with van der Waals surface area (Å²) in [4.78, 5) is 14.8. The highest BCUT2D eigenvalue weighted by molar-refractivity contribution is 5.83. The molecule has 3 rings (SSSR count). The van der Waals surface area contributed by atoms with Crippen molar-refractivity contribution in [3.05, 3.63) is 24.3 Å². The van der Waals surface area contributed by atoms with E-state index >= 15 is 0 Å². The summed E-state index contributed by atoms with van der Waals surface area (Å²) in [7, 11) is 0. The zero-order chi connectivity index (χ0) is 17.5. The average molecular weight is 340 g/mol. The molecule has 2 fully saturated rings. The number of hydrogen-bond donors (Lipinski definition) is 2. The molecule has 0 spiro atoms. The summed E-state index contributed by atoms with van der Waals surface area (Å²) in [5, 5.41) is 15.6. The quantitative estimate of drug-likeness (QED) is 0.862. The van der Waals surface area contributed by atoms with Gasteiger partial charge in [0, 0.05) is 13.1 Å². The van der Waals surface area contributed by atoms with Gasteiger partial charge in [-0.3, -0.25) is 4.79 Å². The standard InChI is InChI=1S/C20H28N4O/c21-16-20(11-5-6-12-20)23-19(25)15-22-17-9-3-4-10-18(17)24-13-7-1-2-8-14-24/h3-4,9-10,22H,1-2,5-8,11-15H2,(H,23,25). The number of para-hydroxylation sites is 2. The molecule has 134 valence electrons. The van der Waals surface area contributed by atoms with Crippen LogP contribution in [0.4, 0.5) is 11.4 Å². The van der Waals surface area contributed by atoms with Crippen LogP contribution in [0.3, 0.4) is 0 Å². The van der Waals surface area contributed by atoms with E-state index in [-0.39, 0.29) is 12.5 Å². The Balaban J connectivity index is 1.61. The average Bonchev–Trinajstić information content (AvgIpc) is 2.93. The maximum Gasteiger partial charge on any atom is 0.240 e. The van der Waals surface area contributed by atoms with Crippen LogP contribution >= 0.6 is 0 Å². The fraction of sp³-hybridized carbons (Fsp3) is 0.600. The van der Waals surface area contributed by atoms with Crippen LogP contribution in [-0.4, -0.2) is 31.1 Å². The summed E-state index contributed by atoms with van der Waals surface area (Å²) in [6.07, 6.45) is 8.59. The molecule has 0 aromatic heterocycles. The number of nitrogens with one attached hydrogen (secondary N) is 2. The fourth-order valence-corrected chi connectivity index (χ4v) is 3.94. The fourth-order valence-electron chi connectivity index (χ4n) is 3.94. The van der Waals surface area contributed by atoms with E-state index in [0.29, 0.717) is 0 Å². The Kier molecular flexibility index (Phi) is 5.80. The zero-order valence-corrected chi connectivity index (χ0v) is 14.9. The highest BCUT2D eigenvalue weighted by Gasteiger charge is 2.35. The molecule has 0 unspecified atom stereocenters. The molecule has 5 heteroatoms. The van der Waals surface area contributed by atoms with E-state index in [1.54, 1.807) is 0 Å². The molecular weight excluding hydrogens is 312 g/mol. The van der Waals surface area contributed by atoms with Gasteiger partial charge in [0.1, 0.15) is 5.54 Å². The number of nitrogens with zero attached hydrogens (tertiary/aromatic N) is 2. The second-order valence-corrected chi connectivity index (χ2v) is 7.22. The lowest BCUT2D eigenvalue weighted by Crippen LogP contribution is -2.47. The van der Waals surface area contributed by atoms with Crippen molar-refractivity contribution in [2.45, 2.75) is 56.9 Å². The number of anilines is 2. The van der Waals surface area contributed by atoms with Crippen molar-refractivity contribution in [2.24, 2.45) is 0 Å². The second kappa shape index (κ2) is 8.24. The second-order valence-electron chi connectivity index (χ2n) is 7.22. The summed E-state index contributed by atoms with van der Waals surface area (Å²) < 4.78 is 0. The Morgan fingerprint density at radius 3 is 2.44 bits per heavy atom. The first-order chi connectivity index (χ1) is 12.2. The first-order valence-corrected chi connectivity index (χ1v) is 9.53. The summed E-state index contributed by atoms with van der Waals surface area (Å²) in [5.41, 5.74) is 1.52. The van der Waals surface area contributed by atoms with Gasteiger partial charge in [-0.15, -0.1) is 0 Å². The molecule has 1 saturated heterocycles. The number of carbonyl (C=O) groups is 1. The summed E-state index contributed by atoms with van der Waals surface area (Å²) >= 11 is 0. The maximum absolute atomic E-state index is 12.3. The van der Waals surface area contributed by atoms with Crippen LogP contribution in [0.2, 0.25) is 0 Å². The molecule has 2 aliphatic rings. The van der Waals surface area contributed by atoms with Crippen molar-refractivity contribution < 1.29 is 4.79 Å². The molecule has 1 heterocycles. The third-order valence-electron chi connectivity index (χ3n) is 5.34. The lowest BCUT2D eigenvalue weighted by Gasteiger charge is -2.26. The van der Waals surface area contributed by atoms with E-state index in [4.69, 9.17) is 0 Å². The largest absolute Gasteiger partial charge is 0.374 e. The summed E-state index contributed by atoms with van der Waals surface area (Å²) in [6, 6.07) is 10.5. The van der Waals surface area contributed by atoms with Crippen molar-refractivity contribution in [2.75, 3.05) is 29.9 Å². The lowest BCUT2D eigenvalue weighted by molar-refractivity contribution is -0.120. The van der Waals surface area contributed by atoms with Gasteiger partial charge >= 0.3 is 0 Å². The van der Waals surface area contributed by atoms with Crippen LogP contribution in [0, 0.1) is 11.3 Å². The molecule has 25 heavy (non-hydrogen) atoms.